The van der Waals surface area contributed by atoms with E-state index in [1.165, 1.54) is 12.8 Å². The molecule has 16 heavy (non-hydrogen) atoms. The van der Waals surface area contributed by atoms with Crippen LogP contribution in [0.3, 0.4) is 0 Å². The highest BCUT2D eigenvalue weighted by atomic mass is 16.4. The largest absolute Gasteiger partial charge is 0.480 e. The molecule has 3 nitrogen and oxygen atoms in total. The van der Waals surface area contributed by atoms with E-state index < -0.39 is 5.97 Å². The van der Waals surface area contributed by atoms with Crippen molar-refractivity contribution in [1.82, 2.24) is 4.90 Å². The van der Waals surface area contributed by atoms with Crippen LogP contribution in [0.4, 0.5) is 0 Å². The van der Waals surface area contributed by atoms with Gasteiger partial charge in [0.25, 0.3) is 0 Å². The Kier molecular flexibility index (Phi) is 5.81. The van der Waals surface area contributed by atoms with Crippen molar-refractivity contribution < 1.29 is 9.90 Å². The Hall–Kier alpha value is -0.570. The Labute approximate surface area is 98.8 Å². The lowest BCUT2D eigenvalue weighted by molar-refractivity contribution is -0.139. The van der Waals surface area contributed by atoms with Crippen molar-refractivity contribution in [3.05, 3.63) is 0 Å². The van der Waals surface area contributed by atoms with Gasteiger partial charge in [0.05, 0.1) is 6.54 Å². The van der Waals surface area contributed by atoms with Crippen LogP contribution in [0, 0.1) is 5.92 Å². The molecule has 3 heteroatoms. The minimum atomic E-state index is -0.683. The number of nitrogens with zero attached hydrogens (tertiary/aromatic N) is 1. The maximum absolute atomic E-state index is 10.9. The Balaban J connectivity index is 2.49. The first-order valence-electron chi connectivity index (χ1n) is 6.63. The molecule has 1 N–H and O–H groups in total. The van der Waals surface area contributed by atoms with E-state index >= 15 is 0 Å². The molecule has 0 atom stereocenters. The summed E-state index contributed by atoms with van der Waals surface area (Å²) in [5.74, 6) is 0.0911. The SMILES string of the molecule is CCCC(CCC)N(CC(=O)O)CC1CC1. The van der Waals surface area contributed by atoms with Crippen molar-refractivity contribution in [2.75, 3.05) is 13.1 Å². The average Bonchev–Trinajstić information content (AvgIpc) is 3.00. The maximum atomic E-state index is 10.9. The zero-order chi connectivity index (χ0) is 12.0. The molecule has 0 bridgehead atoms. The molecule has 0 aromatic heterocycles. The van der Waals surface area contributed by atoms with Crippen LogP contribution in [0.15, 0.2) is 0 Å². The van der Waals surface area contributed by atoms with Crippen LogP contribution >= 0.6 is 0 Å². The highest BCUT2D eigenvalue weighted by molar-refractivity contribution is 5.69. The molecule has 1 aliphatic rings. The molecule has 0 aromatic rings. The minimum Gasteiger partial charge on any atom is -0.480 e. The molecular formula is C13H25NO2. The molecule has 1 aliphatic carbocycles. The van der Waals surface area contributed by atoms with E-state index in [9.17, 15) is 4.79 Å². The fourth-order valence-electron chi connectivity index (χ4n) is 2.32. The third-order valence-electron chi connectivity index (χ3n) is 3.29. The fraction of sp³-hybridized carbons (Fsp3) is 0.923. The van der Waals surface area contributed by atoms with Crippen LogP contribution < -0.4 is 0 Å². The summed E-state index contributed by atoms with van der Waals surface area (Å²) in [6, 6.07) is 0.478. The maximum Gasteiger partial charge on any atom is 0.317 e. The standard InChI is InChI=1S/C13H25NO2/c1-3-5-12(6-4-2)14(10-13(15)16)9-11-7-8-11/h11-12H,3-10H2,1-2H3,(H,15,16). The Morgan fingerprint density at radius 2 is 1.88 bits per heavy atom. The normalized spacial score (nSPS) is 16.0. The second-order valence-corrected chi connectivity index (χ2v) is 5.00. The van der Waals surface area contributed by atoms with E-state index in [1.807, 2.05) is 0 Å². The van der Waals surface area contributed by atoms with E-state index in [0.29, 0.717) is 6.04 Å². The zero-order valence-corrected chi connectivity index (χ0v) is 10.6. The zero-order valence-electron chi connectivity index (χ0n) is 10.6. The van der Waals surface area contributed by atoms with E-state index in [2.05, 4.69) is 18.7 Å². The number of aliphatic carboxylic acids is 1. The highest BCUT2D eigenvalue weighted by Crippen LogP contribution is 2.31. The predicted octanol–water partition coefficient (Wildman–Crippen LogP) is 2.75. The van der Waals surface area contributed by atoms with Gasteiger partial charge in [-0.25, -0.2) is 0 Å². The molecule has 0 heterocycles. The van der Waals surface area contributed by atoms with Gasteiger partial charge in [0.1, 0.15) is 0 Å². The molecule has 0 spiro atoms. The first-order valence-corrected chi connectivity index (χ1v) is 6.63. The first kappa shape index (κ1) is 13.5. The molecule has 1 fully saturated rings. The number of rotatable bonds is 9. The van der Waals surface area contributed by atoms with Gasteiger partial charge in [-0.1, -0.05) is 26.7 Å². The van der Waals surface area contributed by atoms with Crippen molar-refractivity contribution in [3.8, 4) is 0 Å². The van der Waals surface area contributed by atoms with Gasteiger partial charge in [-0.05, 0) is 31.6 Å². The van der Waals surface area contributed by atoms with Crippen LogP contribution in [0.25, 0.3) is 0 Å². The number of carboxylic acids is 1. The van der Waals surface area contributed by atoms with Gasteiger partial charge in [0, 0.05) is 12.6 Å². The van der Waals surface area contributed by atoms with Gasteiger partial charge in [-0.3, -0.25) is 9.69 Å². The van der Waals surface area contributed by atoms with Crippen molar-refractivity contribution in [1.29, 1.82) is 0 Å². The van der Waals surface area contributed by atoms with Crippen molar-refractivity contribution in [2.45, 2.75) is 58.4 Å². The number of carbonyl (C=O) groups is 1. The van der Waals surface area contributed by atoms with Crippen LogP contribution in [0.1, 0.15) is 52.4 Å². The molecular weight excluding hydrogens is 202 g/mol. The van der Waals surface area contributed by atoms with Crippen LogP contribution in [-0.2, 0) is 4.79 Å². The third-order valence-corrected chi connectivity index (χ3v) is 3.29. The van der Waals surface area contributed by atoms with E-state index in [1.54, 1.807) is 0 Å². The number of hydrogen-bond donors (Lipinski definition) is 1. The topological polar surface area (TPSA) is 40.5 Å². The summed E-state index contributed by atoms with van der Waals surface area (Å²) in [6.45, 7) is 5.58. The summed E-state index contributed by atoms with van der Waals surface area (Å²) < 4.78 is 0. The molecule has 0 saturated heterocycles. The van der Waals surface area contributed by atoms with E-state index in [0.717, 1.165) is 38.1 Å². The number of carboxylic acid groups (broad SMARTS) is 1. The van der Waals surface area contributed by atoms with Gasteiger partial charge < -0.3 is 5.11 Å². The second kappa shape index (κ2) is 6.89. The third kappa shape index (κ3) is 4.97. The molecule has 0 amide bonds. The highest BCUT2D eigenvalue weighted by Gasteiger charge is 2.28. The number of hydrogen-bond acceptors (Lipinski definition) is 2. The van der Waals surface area contributed by atoms with Crippen LogP contribution in [0.2, 0.25) is 0 Å². The lowest BCUT2D eigenvalue weighted by atomic mass is 10.0. The van der Waals surface area contributed by atoms with Gasteiger partial charge in [-0.2, -0.15) is 0 Å². The lowest BCUT2D eigenvalue weighted by Gasteiger charge is -2.30. The van der Waals surface area contributed by atoms with E-state index in [-0.39, 0.29) is 6.54 Å². The van der Waals surface area contributed by atoms with Gasteiger partial charge in [0.2, 0.25) is 0 Å². The van der Waals surface area contributed by atoms with Gasteiger partial charge >= 0.3 is 5.97 Å². The summed E-state index contributed by atoms with van der Waals surface area (Å²) in [7, 11) is 0. The van der Waals surface area contributed by atoms with Crippen LogP contribution in [-0.4, -0.2) is 35.1 Å². The van der Waals surface area contributed by atoms with E-state index in [4.69, 9.17) is 5.11 Å². The lowest BCUT2D eigenvalue weighted by Crippen LogP contribution is -2.40. The van der Waals surface area contributed by atoms with Gasteiger partial charge in [-0.15, -0.1) is 0 Å². The molecule has 94 valence electrons. The molecule has 1 saturated carbocycles. The molecule has 0 aromatic carbocycles. The average molecular weight is 227 g/mol. The Morgan fingerprint density at radius 3 is 2.25 bits per heavy atom. The van der Waals surface area contributed by atoms with Gasteiger partial charge in [0.15, 0.2) is 0 Å². The van der Waals surface area contributed by atoms with Crippen molar-refractivity contribution in [2.24, 2.45) is 5.92 Å². The molecule has 0 radical (unpaired) electrons. The monoisotopic (exact) mass is 227 g/mol. The fourth-order valence-corrected chi connectivity index (χ4v) is 2.32. The molecule has 0 unspecified atom stereocenters. The molecule has 1 rings (SSSR count). The summed E-state index contributed by atoms with van der Waals surface area (Å²) in [5, 5.41) is 8.96. The second-order valence-electron chi connectivity index (χ2n) is 5.00. The minimum absolute atomic E-state index is 0.223. The summed E-state index contributed by atoms with van der Waals surface area (Å²) >= 11 is 0. The molecule has 0 aliphatic heterocycles. The van der Waals surface area contributed by atoms with Crippen LogP contribution in [0.5, 0.6) is 0 Å². The Bertz CT molecular complexity index is 208. The predicted molar refractivity (Wildman–Crippen MR) is 65.5 cm³/mol. The quantitative estimate of drug-likeness (QED) is 0.658. The Morgan fingerprint density at radius 1 is 1.31 bits per heavy atom. The summed E-state index contributed by atoms with van der Waals surface area (Å²) in [6.07, 6.45) is 7.14. The summed E-state index contributed by atoms with van der Waals surface area (Å²) in [4.78, 5) is 13.1. The van der Waals surface area contributed by atoms with Crippen molar-refractivity contribution >= 4 is 5.97 Å². The first-order chi connectivity index (χ1) is 7.67. The summed E-state index contributed by atoms with van der Waals surface area (Å²) in [5.41, 5.74) is 0. The smallest absolute Gasteiger partial charge is 0.317 e. The van der Waals surface area contributed by atoms with Crippen molar-refractivity contribution in [3.63, 3.8) is 0 Å².